The number of carbonyl (C=O) groups is 2. The molecule has 2 N–H and O–H groups in total. The normalized spacial score (nSPS) is 14.4. The number of rotatable bonds is 3. The van der Waals surface area contributed by atoms with Crippen molar-refractivity contribution in [1.82, 2.24) is 0 Å². The zero-order valence-electron chi connectivity index (χ0n) is 12.0. The lowest BCUT2D eigenvalue weighted by molar-refractivity contribution is 0.0982. The number of hydrogen-bond donors (Lipinski definition) is 1. The fourth-order valence-corrected chi connectivity index (χ4v) is 3.14. The maximum Gasteiger partial charge on any atom is 0.238 e. The van der Waals surface area contributed by atoms with E-state index in [4.69, 9.17) is 5.14 Å². The Hall–Kier alpha value is -2.57. The van der Waals surface area contributed by atoms with E-state index in [2.05, 4.69) is 0 Å². The van der Waals surface area contributed by atoms with Crippen LogP contribution in [-0.4, -0.2) is 20.0 Å². The Balaban J connectivity index is 1.96. The number of carbonyl (C=O) groups excluding carboxylic acids is 2. The molecule has 0 bridgehead atoms. The summed E-state index contributed by atoms with van der Waals surface area (Å²) in [5.74, 6) is -0.445. The van der Waals surface area contributed by atoms with Gasteiger partial charge in [-0.1, -0.05) is 36.4 Å². The molecule has 0 spiro atoms. The summed E-state index contributed by atoms with van der Waals surface area (Å²) < 4.78 is 22.8. The summed E-state index contributed by atoms with van der Waals surface area (Å²) in [6.07, 6.45) is 1.48. The number of benzene rings is 2. The van der Waals surface area contributed by atoms with E-state index in [1.165, 1.54) is 18.2 Å². The molecule has 0 saturated carbocycles. The first-order valence-electron chi connectivity index (χ1n) is 6.86. The Bertz CT molecular complexity index is 958. The molecule has 116 valence electrons. The standard InChI is InChI=1S/C17H13NO4S/c18-23(21,22)13-5-3-4-11(9-13)8-12-10-16(19)14-6-1-2-7-15(14)17(12)20/h1-7,9-10H,8H2,(H2,18,21,22). The zero-order chi connectivity index (χ0) is 16.6. The lowest BCUT2D eigenvalue weighted by Gasteiger charge is -2.15. The average Bonchev–Trinajstić information content (AvgIpc) is 2.52. The molecule has 23 heavy (non-hydrogen) atoms. The van der Waals surface area contributed by atoms with Gasteiger partial charge in [0.05, 0.1) is 4.90 Å². The molecule has 0 unspecified atom stereocenters. The minimum Gasteiger partial charge on any atom is -0.289 e. The summed E-state index contributed by atoms with van der Waals surface area (Å²) in [4.78, 5) is 24.6. The van der Waals surface area contributed by atoms with Crippen LogP contribution in [0, 0.1) is 0 Å². The molecule has 0 heterocycles. The predicted octanol–water partition coefficient (Wildman–Crippen LogP) is 1.88. The van der Waals surface area contributed by atoms with Gasteiger partial charge in [0.1, 0.15) is 0 Å². The first-order chi connectivity index (χ1) is 10.9. The molecular weight excluding hydrogens is 314 g/mol. The van der Waals surface area contributed by atoms with Crippen molar-refractivity contribution < 1.29 is 18.0 Å². The third kappa shape index (κ3) is 2.99. The van der Waals surface area contributed by atoms with E-state index in [9.17, 15) is 18.0 Å². The number of primary sulfonamides is 1. The van der Waals surface area contributed by atoms with Crippen LogP contribution in [0.2, 0.25) is 0 Å². The van der Waals surface area contributed by atoms with Gasteiger partial charge in [0.25, 0.3) is 0 Å². The van der Waals surface area contributed by atoms with Gasteiger partial charge in [-0.25, -0.2) is 13.6 Å². The maximum absolute atomic E-state index is 12.5. The van der Waals surface area contributed by atoms with Crippen LogP contribution in [0.3, 0.4) is 0 Å². The third-order valence-electron chi connectivity index (χ3n) is 3.66. The Morgan fingerprint density at radius 3 is 2.30 bits per heavy atom. The van der Waals surface area contributed by atoms with Crippen molar-refractivity contribution in [3.63, 3.8) is 0 Å². The van der Waals surface area contributed by atoms with Crippen molar-refractivity contribution in [2.45, 2.75) is 11.3 Å². The number of nitrogens with two attached hydrogens (primary N) is 1. The van der Waals surface area contributed by atoms with E-state index in [1.54, 1.807) is 36.4 Å². The molecule has 0 aromatic heterocycles. The van der Waals surface area contributed by atoms with Gasteiger partial charge in [-0.05, 0) is 23.8 Å². The summed E-state index contributed by atoms with van der Waals surface area (Å²) in [5.41, 5.74) is 1.70. The molecule has 0 radical (unpaired) electrons. The summed E-state index contributed by atoms with van der Waals surface area (Å²) in [6.45, 7) is 0. The Morgan fingerprint density at radius 1 is 0.913 bits per heavy atom. The van der Waals surface area contributed by atoms with Gasteiger partial charge in [0.2, 0.25) is 10.0 Å². The van der Waals surface area contributed by atoms with Crippen LogP contribution in [0.5, 0.6) is 0 Å². The van der Waals surface area contributed by atoms with Crippen LogP contribution < -0.4 is 5.14 Å². The second-order valence-electron chi connectivity index (χ2n) is 5.28. The lowest BCUT2D eigenvalue weighted by atomic mass is 9.87. The first-order valence-corrected chi connectivity index (χ1v) is 8.41. The van der Waals surface area contributed by atoms with Gasteiger partial charge in [0.15, 0.2) is 11.6 Å². The second kappa shape index (κ2) is 5.57. The minimum atomic E-state index is -3.81. The van der Waals surface area contributed by atoms with Crippen LogP contribution >= 0.6 is 0 Å². The van der Waals surface area contributed by atoms with Crippen LogP contribution in [0.1, 0.15) is 26.3 Å². The third-order valence-corrected chi connectivity index (χ3v) is 4.57. The van der Waals surface area contributed by atoms with Gasteiger partial charge in [-0.2, -0.15) is 0 Å². The predicted molar refractivity (Wildman–Crippen MR) is 84.7 cm³/mol. The van der Waals surface area contributed by atoms with Gasteiger partial charge in [0, 0.05) is 23.1 Å². The summed E-state index contributed by atoms with van der Waals surface area (Å²) >= 11 is 0. The summed E-state index contributed by atoms with van der Waals surface area (Å²) in [6, 6.07) is 12.7. The van der Waals surface area contributed by atoms with Crippen molar-refractivity contribution in [2.24, 2.45) is 5.14 Å². The molecule has 0 saturated heterocycles. The van der Waals surface area contributed by atoms with Crippen molar-refractivity contribution in [3.05, 3.63) is 76.9 Å². The molecule has 3 rings (SSSR count). The Morgan fingerprint density at radius 2 is 1.61 bits per heavy atom. The van der Waals surface area contributed by atoms with E-state index >= 15 is 0 Å². The Labute approximate surface area is 133 Å². The molecule has 2 aromatic carbocycles. The van der Waals surface area contributed by atoms with E-state index in [1.807, 2.05) is 0 Å². The Kier molecular flexibility index (Phi) is 3.71. The highest BCUT2D eigenvalue weighted by atomic mass is 32.2. The topological polar surface area (TPSA) is 94.3 Å². The maximum atomic E-state index is 12.5. The van der Waals surface area contributed by atoms with E-state index in [0.29, 0.717) is 22.3 Å². The molecule has 1 aliphatic carbocycles. The smallest absolute Gasteiger partial charge is 0.238 e. The van der Waals surface area contributed by atoms with Crippen molar-refractivity contribution >= 4 is 21.6 Å². The van der Waals surface area contributed by atoms with Crippen molar-refractivity contribution in [1.29, 1.82) is 0 Å². The fourth-order valence-electron chi connectivity index (χ4n) is 2.55. The molecule has 0 aliphatic heterocycles. The van der Waals surface area contributed by atoms with E-state index < -0.39 is 10.0 Å². The van der Waals surface area contributed by atoms with Crippen LogP contribution in [0.15, 0.2) is 65.1 Å². The number of allylic oxidation sites excluding steroid dienone is 2. The average molecular weight is 327 g/mol. The largest absolute Gasteiger partial charge is 0.289 e. The molecular formula is C17H13NO4S. The van der Waals surface area contributed by atoms with Gasteiger partial charge < -0.3 is 0 Å². The van der Waals surface area contributed by atoms with Crippen LogP contribution in [0.4, 0.5) is 0 Å². The van der Waals surface area contributed by atoms with Crippen molar-refractivity contribution in [2.75, 3.05) is 0 Å². The zero-order valence-corrected chi connectivity index (χ0v) is 12.8. The monoisotopic (exact) mass is 327 g/mol. The van der Waals surface area contributed by atoms with Gasteiger partial charge in [-0.3, -0.25) is 9.59 Å². The number of fused-ring (bicyclic) bond motifs is 1. The highest BCUT2D eigenvalue weighted by Gasteiger charge is 2.25. The lowest BCUT2D eigenvalue weighted by Crippen LogP contribution is -2.18. The second-order valence-corrected chi connectivity index (χ2v) is 6.84. The molecule has 0 fully saturated rings. The van der Waals surface area contributed by atoms with E-state index in [-0.39, 0.29) is 22.9 Å². The molecule has 1 aliphatic rings. The number of ketones is 2. The quantitative estimate of drug-likeness (QED) is 0.931. The minimum absolute atomic E-state index is 0.0226. The summed E-state index contributed by atoms with van der Waals surface area (Å²) in [5, 5.41) is 5.11. The molecule has 6 heteroatoms. The van der Waals surface area contributed by atoms with Gasteiger partial charge >= 0.3 is 0 Å². The summed E-state index contributed by atoms with van der Waals surface area (Å²) in [7, 11) is -3.81. The molecule has 2 aromatic rings. The van der Waals surface area contributed by atoms with E-state index in [0.717, 1.165) is 0 Å². The molecule has 0 atom stereocenters. The first kappa shape index (κ1) is 15.3. The van der Waals surface area contributed by atoms with Crippen LogP contribution in [0.25, 0.3) is 0 Å². The number of hydrogen-bond acceptors (Lipinski definition) is 4. The number of sulfonamides is 1. The van der Waals surface area contributed by atoms with Crippen molar-refractivity contribution in [3.8, 4) is 0 Å². The molecule has 5 nitrogen and oxygen atoms in total. The highest BCUT2D eigenvalue weighted by Crippen LogP contribution is 2.24. The fraction of sp³-hybridized carbons (Fsp3) is 0.0588. The molecule has 0 amide bonds. The number of Topliss-reactive ketones (excluding diaryl/α,β-unsaturated/α-hetero) is 1. The SMILES string of the molecule is NS(=O)(=O)c1cccc(CC2=CC(=O)c3ccccc3C2=O)c1. The van der Waals surface area contributed by atoms with Crippen LogP contribution in [-0.2, 0) is 16.4 Å². The van der Waals surface area contributed by atoms with Gasteiger partial charge in [-0.15, -0.1) is 0 Å². The highest BCUT2D eigenvalue weighted by molar-refractivity contribution is 7.89.